The van der Waals surface area contributed by atoms with Crippen LogP contribution in [-0.4, -0.2) is 93.5 Å². The lowest BCUT2D eigenvalue weighted by atomic mass is 9.92. The molecule has 3 aliphatic heterocycles. The summed E-state index contributed by atoms with van der Waals surface area (Å²) < 4.78 is 10.8. The van der Waals surface area contributed by atoms with Gasteiger partial charge in [0.25, 0.3) is 5.91 Å². The summed E-state index contributed by atoms with van der Waals surface area (Å²) in [4.78, 5) is 75.7. The van der Waals surface area contributed by atoms with Crippen molar-refractivity contribution in [3.8, 4) is 17.0 Å². The van der Waals surface area contributed by atoms with Gasteiger partial charge in [-0.3, -0.25) is 19.2 Å². The smallest absolute Gasteiger partial charge is 0.330 e. The zero-order chi connectivity index (χ0) is 35.8. The third kappa shape index (κ3) is 7.42. The zero-order valence-electron chi connectivity index (χ0n) is 29.1. The Morgan fingerprint density at radius 3 is 2.54 bits per heavy atom. The fourth-order valence-electron chi connectivity index (χ4n) is 7.65. The van der Waals surface area contributed by atoms with E-state index in [-0.39, 0.29) is 49.6 Å². The Morgan fingerprint density at radius 1 is 1.08 bits per heavy atom. The molecular formula is C37H46N4O8S. The van der Waals surface area contributed by atoms with Crippen LogP contribution in [0.1, 0.15) is 75.5 Å². The highest BCUT2D eigenvalue weighted by molar-refractivity contribution is 7.12. The van der Waals surface area contributed by atoms with Gasteiger partial charge in [-0.1, -0.05) is 25.0 Å². The Labute approximate surface area is 296 Å². The third-order valence-electron chi connectivity index (χ3n) is 10.3. The molecule has 0 radical (unpaired) electrons. The maximum absolute atomic E-state index is 14.4. The van der Waals surface area contributed by atoms with Crippen LogP contribution in [0.25, 0.3) is 11.3 Å². The molecule has 2 aromatic rings. The minimum absolute atomic E-state index is 0.109. The molecule has 50 heavy (non-hydrogen) atoms. The van der Waals surface area contributed by atoms with Crippen LogP contribution in [-0.2, 0) is 23.9 Å². The standard InChI is InChI=1S/C37H46N4O8S/c1-36(2,3)49-29(42)16-23-10-8-6-5-7-9-11-25-17-37(25,35(46)47)39-31(43)30-27-20-40(18-24(27)19-41(30)33(23)44)34(45)32-38-28(21-50-32)22-12-14-26(48-4)15-13-22/h9,11-15,21,23-25,27,30H,5-8,10,16-20H2,1-4H3,(H,39,43)(H,46,47)/b11-9-/t23-,24-,25+,27-,30-,37+/m0/s1. The van der Waals surface area contributed by atoms with E-state index in [9.17, 15) is 29.1 Å². The molecule has 13 heteroatoms. The number of carboxylic acid groups (broad SMARTS) is 1. The van der Waals surface area contributed by atoms with Gasteiger partial charge < -0.3 is 29.7 Å². The number of fused-ring (bicyclic) bond motifs is 4. The Morgan fingerprint density at radius 2 is 1.84 bits per heavy atom. The van der Waals surface area contributed by atoms with Crippen molar-refractivity contribution in [3.05, 3.63) is 46.8 Å². The summed E-state index contributed by atoms with van der Waals surface area (Å²) in [5.74, 6) is -3.64. The topological polar surface area (TPSA) is 155 Å². The quantitative estimate of drug-likeness (QED) is 0.325. The summed E-state index contributed by atoms with van der Waals surface area (Å²) in [5.41, 5.74) is -0.638. The zero-order valence-corrected chi connectivity index (χ0v) is 29.9. The van der Waals surface area contributed by atoms with E-state index in [1.54, 1.807) is 37.7 Å². The van der Waals surface area contributed by atoms with E-state index in [4.69, 9.17) is 9.47 Å². The number of rotatable bonds is 6. The molecule has 1 aromatic carbocycles. The summed E-state index contributed by atoms with van der Waals surface area (Å²) in [6, 6.07) is 6.42. The molecule has 3 amide bonds. The average Bonchev–Trinajstić information content (AvgIpc) is 3.39. The fraction of sp³-hybridized carbons (Fsp3) is 0.568. The summed E-state index contributed by atoms with van der Waals surface area (Å²) in [7, 11) is 1.59. The largest absolute Gasteiger partial charge is 0.497 e. The molecule has 4 heterocycles. The molecule has 1 aromatic heterocycles. The van der Waals surface area contributed by atoms with Crippen LogP contribution in [0.5, 0.6) is 5.75 Å². The summed E-state index contributed by atoms with van der Waals surface area (Å²) in [5, 5.41) is 15.2. The van der Waals surface area contributed by atoms with Crippen molar-refractivity contribution in [3.63, 3.8) is 0 Å². The van der Waals surface area contributed by atoms with E-state index >= 15 is 0 Å². The number of likely N-dealkylation sites (tertiary alicyclic amines) is 1. The number of nitrogens with one attached hydrogen (secondary N) is 1. The second-order valence-electron chi connectivity index (χ2n) is 15.0. The van der Waals surface area contributed by atoms with Crippen LogP contribution in [0.3, 0.4) is 0 Å². The van der Waals surface area contributed by atoms with E-state index in [2.05, 4.69) is 10.3 Å². The van der Waals surface area contributed by atoms with Crippen LogP contribution in [0, 0.1) is 23.7 Å². The second kappa shape index (κ2) is 14.2. The molecule has 1 aliphatic carbocycles. The number of carbonyl (C=O) groups is 5. The number of allylic oxidation sites excluding steroid dienone is 1. The number of carbonyl (C=O) groups excluding carboxylic acids is 4. The third-order valence-corrected chi connectivity index (χ3v) is 11.1. The highest BCUT2D eigenvalue weighted by atomic mass is 32.1. The van der Waals surface area contributed by atoms with Crippen LogP contribution < -0.4 is 10.1 Å². The van der Waals surface area contributed by atoms with Gasteiger partial charge in [-0.25, -0.2) is 9.78 Å². The van der Waals surface area contributed by atoms with Crippen molar-refractivity contribution in [2.24, 2.45) is 23.7 Å². The first-order valence-electron chi connectivity index (χ1n) is 17.4. The minimum Gasteiger partial charge on any atom is -0.497 e. The SMILES string of the molecule is COc1ccc(-c2csc(C(=O)N3C[C@H]4CN5C(=O)[C@H](CC(=O)OC(C)(C)C)CCCCC/C=C\[C@@H]6C[C@@]6(C(=O)O)NC(=O)[C@@H]5[C@H]4C3)n2)cc1. The van der Waals surface area contributed by atoms with Gasteiger partial charge in [0.1, 0.15) is 22.9 Å². The number of benzene rings is 1. The number of amides is 3. The predicted molar refractivity (Wildman–Crippen MR) is 185 cm³/mol. The van der Waals surface area contributed by atoms with E-state index < -0.39 is 46.9 Å². The van der Waals surface area contributed by atoms with Gasteiger partial charge in [0.15, 0.2) is 5.01 Å². The number of hydrogen-bond donors (Lipinski definition) is 2. The second-order valence-corrected chi connectivity index (χ2v) is 15.8. The lowest BCUT2D eigenvalue weighted by Crippen LogP contribution is -2.56. The number of esters is 1. The van der Waals surface area contributed by atoms with Gasteiger partial charge in [0.05, 0.1) is 19.2 Å². The molecular weight excluding hydrogens is 660 g/mol. The number of thiazole rings is 1. The molecule has 6 atom stereocenters. The number of hydrogen-bond acceptors (Lipinski definition) is 9. The van der Waals surface area contributed by atoms with Crippen LogP contribution >= 0.6 is 11.3 Å². The molecule has 3 fully saturated rings. The summed E-state index contributed by atoms with van der Waals surface area (Å²) in [6.07, 6.45) is 7.67. The minimum atomic E-state index is -1.44. The van der Waals surface area contributed by atoms with Gasteiger partial charge in [0, 0.05) is 54.2 Å². The van der Waals surface area contributed by atoms with Crippen LogP contribution in [0.2, 0.25) is 0 Å². The number of aromatic nitrogens is 1. The van der Waals surface area contributed by atoms with Gasteiger partial charge in [-0.15, -0.1) is 11.3 Å². The summed E-state index contributed by atoms with van der Waals surface area (Å²) in [6.45, 7) is 6.08. The number of methoxy groups -OCH3 is 1. The molecule has 2 N–H and O–H groups in total. The Hall–Kier alpha value is -4.26. The molecule has 0 unspecified atom stereocenters. The monoisotopic (exact) mass is 706 g/mol. The molecule has 6 rings (SSSR count). The highest BCUT2D eigenvalue weighted by Gasteiger charge is 2.62. The highest BCUT2D eigenvalue weighted by Crippen LogP contribution is 2.46. The normalized spacial score (nSPS) is 29.1. The predicted octanol–water partition coefficient (Wildman–Crippen LogP) is 4.55. The van der Waals surface area contributed by atoms with E-state index in [0.717, 1.165) is 31.2 Å². The number of ether oxygens (including phenoxy) is 2. The van der Waals surface area contributed by atoms with Crippen LogP contribution in [0.4, 0.5) is 0 Å². The lowest BCUT2D eigenvalue weighted by molar-refractivity contribution is -0.159. The first-order chi connectivity index (χ1) is 23.8. The average molecular weight is 707 g/mol. The Bertz CT molecular complexity index is 1670. The number of nitrogens with zero attached hydrogens (tertiary/aromatic N) is 3. The summed E-state index contributed by atoms with van der Waals surface area (Å²) >= 11 is 1.25. The van der Waals surface area contributed by atoms with Crippen molar-refractivity contribution in [1.29, 1.82) is 0 Å². The van der Waals surface area contributed by atoms with Crippen molar-refractivity contribution < 1.29 is 38.6 Å². The van der Waals surface area contributed by atoms with Crippen molar-refractivity contribution in [2.45, 2.75) is 82.9 Å². The molecule has 4 aliphatic rings. The van der Waals surface area contributed by atoms with Crippen molar-refractivity contribution in [1.82, 2.24) is 20.1 Å². The van der Waals surface area contributed by atoms with Crippen molar-refractivity contribution in [2.75, 3.05) is 26.7 Å². The number of carboxylic acids is 1. The van der Waals surface area contributed by atoms with E-state index in [0.29, 0.717) is 29.4 Å². The van der Waals surface area contributed by atoms with Gasteiger partial charge in [0.2, 0.25) is 11.8 Å². The fourth-order valence-corrected chi connectivity index (χ4v) is 8.45. The molecule has 12 nitrogen and oxygen atoms in total. The van der Waals surface area contributed by atoms with Crippen molar-refractivity contribution >= 4 is 41.0 Å². The lowest BCUT2D eigenvalue weighted by Gasteiger charge is -2.32. The van der Waals surface area contributed by atoms with Gasteiger partial charge in [-0.05, 0) is 70.7 Å². The first kappa shape index (κ1) is 35.6. The number of aliphatic carboxylic acids is 1. The molecule has 0 bridgehead atoms. The maximum Gasteiger partial charge on any atom is 0.330 e. The van der Waals surface area contributed by atoms with E-state index in [1.165, 1.54) is 11.3 Å². The molecule has 0 spiro atoms. The van der Waals surface area contributed by atoms with Gasteiger partial charge in [-0.2, -0.15) is 0 Å². The molecule has 268 valence electrons. The first-order valence-corrected chi connectivity index (χ1v) is 18.3. The molecule has 1 saturated carbocycles. The van der Waals surface area contributed by atoms with E-state index in [1.807, 2.05) is 41.8 Å². The molecule has 2 saturated heterocycles. The van der Waals surface area contributed by atoms with Gasteiger partial charge >= 0.3 is 11.9 Å². The maximum atomic E-state index is 14.4. The Balaban J connectivity index is 1.25. The Kier molecular flexibility index (Phi) is 10.1. The van der Waals surface area contributed by atoms with Crippen LogP contribution in [0.15, 0.2) is 41.8 Å².